The minimum atomic E-state index is -4.08. The van der Waals surface area contributed by atoms with Gasteiger partial charge in [0.15, 0.2) is 0 Å². The van der Waals surface area contributed by atoms with Gasteiger partial charge in [0.05, 0.1) is 6.42 Å². The number of nitrogens with zero attached hydrogens (tertiary/aromatic N) is 1. The van der Waals surface area contributed by atoms with E-state index < -0.39 is 12.6 Å². The Hall–Kier alpha value is -0.970. The summed E-state index contributed by atoms with van der Waals surface area (Å²) in [6.45, 7) is 0.0208. The fraction of sp³-hybridized carbons (Fsp3) is 0.667. The molecule has 17 heavy (non-hydrogen) atoms. The van der Waals surface area contributed by atoms with Crippen LogP contribution in [0.15, 0.2) is 12.4 Å². The van der Waals surface area contributed by atoms with Gasteiger partial charge in [-0.3, -0.25) is 0 Å². The molecule has 0 saturated heterocycles. The van der Waals surface area contributed by atoms with E-state index in [1.165, 1.54) is 11.1 Å². The maximum absolute atomic E-state index is 12.1. The van der Waals surface area contributed by atoms with E-state index >= 15 is 0 Å². The normalized spacial score (nSPS) is 20.4. The number of aryl methyl sites for hydroxylation is 2. The number of halogens is 3. The van der Waals surface area contributed by atoms with Gasteiger partial charge < -0.3 is 9.88 Å². The van der Waals surface area contributed by atoms with Crippen LogP contribution in [0.25, 0.3) is 0 Å². The molecule has 96 valence electrons. The molecule has 2 nitrogen and oxygen atoms in total. The van der Waals surface area contributed by atoms with E-state index in [-0.39, 0.29) is 6.54 Å². The zero-order chi connectivity index (χ0) is 12.5. The van der Waals surface area contributed by atoms with E-state index in [2.05, 4.69) is 5.32 Å². The number of fused-ring (bicyclic) bond motifs is 1. The fourth-order valence-electron chi connectivity index (χ4n) is 2.43. The van der Waals surface area contributed by atoms with Crippen molar-refractivity contribution in [3.05, 3.63) is 23.5 Å². The first kappa shape index (κ1) is 12.5. The molecule has 0 fully saturated rings. The summed E-state index contributed by atoms with van der Waals surface area (Å²) in [7, 11) is 1.90. The summed E-state index contributed by atoms with van der Waals surface area (Å²) in [6.07, 6.45) is 2.03. The molecule has 1 unspecified atom stereocenters. The highest BCUT2D eigenvalue weighted by Crippen LogP contribution is 2.30. The summed E-state index contributed by atoms with van der Waals surface area (Å²) in [4.78, 5) is 0. The Morgan fingerprint density at radius 3 is 2.82 bits per heavy atom. The van der Waals surface area contributed by atoms with Crippen molar-refractivity contribution in [3.63, 3.8) is 0 Å². The van der Waals surface area contributed by atoms with Gasteiger partial charge in [-0.1, -0.05) is 0 Å². The zero-order valence-electron chi connectivity index (χ0n) is 9.85. The van der Waals surface area contributed by atoms with E-state index in [1.54, 1.807) is 4.57 Å². The van der Waals surface area contributed by atoms with Gasteiger partial charge in [-0.15, -0.1) is 0 Å². The van der Waals surface area contributed by atoms with Crippen LogP contribution in [0.2, 0.25) is 0 Å². The highest BCUT2D eigenvalue weighted by atomic mass is 19.4. The molecule has 0 spiro atoms. The fourth-order valence-corrected chi connectivity index (χ4v) is 2.43. The Morgan fingerprint density at radius 2 is 2.18 bits per heavy atom. The average Bonchev–Trinajstić information content (AvgIpc) is 2.67. The molecule has 0 amide bonds. The van der Waals surface area contributed by atoms with Gasteiger partial charge in [-0.25, -0.2) is 0 Å². The Morgan fingerprint density at radius 1 is 1.41 bits per heavy atom. The third kappa shape index (κ3) is 3.03. The molecule has 1 aliphatic rings. The van der Waals surface area contributed by atoms with E-state index in [4.69, 9.17) is 0 Å². The van der Waals surface area contributed by atoms with Crippen LogP contribution in [0.3, 0.4) is 0 Å². The first-order chi connectivity index (χ1) is 7.99. The van der Waals surface area contributed by atoms with Crippen LogP contribution in [-0.4, -0.2) is 17.8 Å². The zero-order valence-corrected chi connectivity index (χ0v) is 9.85. The number of rotatable bonds is 3. The molecule has 1 atom stereocenters. The molecule has 0 aliphatic heterocycles. The van der Waals surface area contributed by atoms with Crippen molar-refractivity contribution in [3.8, 4) is 0 Å². The molecule has 1 aromatic rings. The summed E-state index contributed by atoms with van der Waals surface area (Å²) in [6, 6.07) is 0.297. The Bertz CT molecular complexity index is 382. The average molecular weight is 246 g/mol. The summed E-state index contributed by atoms with van der Waals surface area (Å²) in [5.74, 6) is 0. The number of nitrogens with one attached hydrogen (secondary N) is 1. The monoisotopic (exact) mass is 246 g/mol. The van der Waals surface area contributed by atoms with Crippen molar-refractivity contribution >= 4 is 0 Å². The summed E-state index contributed by atoms with van der Waals surface area (Å²) in [5, 5.41) is 3.21. The van der Waals surface area contributed by atoms with Gasteiger partial charge in [0, 0.05) is 25.0 Å². The molecule has 1 aliphatic carbocycles. The van der Waals surface area contributed by atoms with Crippen molar-refractivity contribution < 1.29 is 13.2 Å². The topological polar surface area (TPSA) is 17.0 Å². The van der Waals surface area contributed by atoms with Gasteiger partial charge in [-0.05, 0) is 37.4 Å². The second-order valence-electron chi connectivity index (χ2n) is 4.58. The van der Waals surface area contributed by atoms with Crippen molar-refractivity contribution in [2.75, 3.05) is 7.05 Å². The minimum Gasteiger partial charge on any atom is -0.353 e. The number of hydrogen-bond acceptors (Lipinski definition) is 1. The number of hydrogen-bond donors (Lipinski definition) is 1. The van der Waals surface area contributed by atoms with Crippen LogP contribution in [0.5, 0.6) is 0 Å². The van der Waals surface area contributed by atoms with Gasteiger partial charge in [-0.2, -0.15) is 13.2 Å². The largest absolute Gasteiger partial charge is 0.390 e. The van der Waals surface area contributed by atoms with Crippen LogP contribution in [-0.2, 0) is 13.0 Å². The Balaban J connectivity index is 2.08. The molecule has 0 radical (unpaired) electrons. The van der Waals surface area contributed by atoms with Gasteiger partial charge in [0.2, 0.25) is 0 Å². The van der Waals surface area contributed by atoms with Gasteiger partial charge in [0.25, 0.3) is 0 Å². The highest BCUT2D eigenvalue weighted by Gasteiger charge is 2.27. The van der Waals surface area contributed by atoms with Crippen molar-refractivity contribution in [2.24, 2.45) is 0 Å². The summed E-state index contributed by atoms with van der Waals surface area (Å²) >= 11 is 0. The van der Waals surface area contributed by atoms with E-state index in [9.17, 15) is 13.2 Å². The SMILES string of the molecule is CNC1CCCc2cn(CCC(F)(F)F)cc21. The number of aromatic nitrogens is 1. The standard InChI is InChI=1S/C12H17F3N2/c1-16-11-4-2-3-9-7-17(8-10(9)11)6-5-12(13,14)15/h7-8,11,16H,2-6H2,1H3. The van der Waals surface area contributed by atoms with Gasteiger partial charge in [0.1, 0.15) is 0 Å². The van der Waals surface area contributed by atoms with Crippen molar-refractivity contribution in [2.45, 2.75) is 44.4 Å². The molecule has 1 aromatic heterocycles. The van der Waals surface area contributed by atoms with Crippen LogP contribution in [0, 0.1) is 0 Å². The van der Waals surface area contributed by atoms with E-state index in [1.807, 2.05) is 19.4 Å². The van der Waals surface area contributed by atoms with Crippen molar-refractivity contribution in [1.29, 1.82) is 0 Å². The first-order valence-electron chi connectivity index (χ1n) is 5.92. The highest BCUT2D eigenvalue weighted by molar-refractivity contribution is 5.30. The smallest absolute Gasteiger partial charge is 0.353 e. The lowest BCUT2D eigenvalue weighted by Crippen LogP contribution is -2.20. The lowest BCUT2D eigenvalue weighted by atomic mass is 9.91. The molecule has 1 heterocycles. The maximum Gasteiger partial charge on any atom is 0.390 e. The van der Waals surface area contributed by atoms with Crippen LogP contribution >= 0.6 is 0 Å². The predicted molar refractivity (Wildman–Crippen MR) is 59.8 cm³/mol. The third-order valence-electron chi connectivity index (χ3n) is 3.31. The van der Waals surface area contributed by atoms with E-state index in [0.29, 0.717) is 6.04 Å². The lowest BCUT2D eigenvalue weighted by molar-refractivity contribution is -0.136. The van der Waals surface area contributed by atoms with E-state index in [0.717, 1.165) is 19.3 Å². The van der Waals surface area contributed by atoms with Crippen LogP contribution in [0.4, 0.5) is 13.2 Å². The third-order valence-corrected chi connectivity index (χ3v) is 3.31. The quantitative estimate of drug-likeness (QED) is 0.867. The first-order valence-corrected chi connectivity index (χ1v) is 5.92. The Labute approximate surface area is 98.8 Å². The second kappa shape index (κ2) is 4.72. The molecular weight excluding hydrogens is 229 g/mol. The summed E-state index contributed by atoms with van der Waals surface area (Å²) < 4.78 is 38.1. The predicted octanol–water partition coefficient (Wildman–Crippen LogP) is 3.04. The lowest BCUT2D eigenvalue weighted by Gasteiger charge is -2.21. The van der Waals surface area contributed by atoms with Gasteiger partial charge >= 0.3 is 6.18 Å². The molecular formula is C12H17F3N2. The van der Waals surface area contributed by atoms with Crippen LogP contribution in [0.1, 0.15) is 36.4 Å². The molecule has 0 saturated carbocycles. The molecule has 5 heteroatoms. The number of alkyl halides is 3. The second-order valence-corrected chi connectivity index (χ2v) is 4.58. The van der Waals surface area contributed by atoms with Crippen molar-refractivity contribution in [1.82, 2.24) is 9.88 Å². The molecule has 0 bridgehead atoms. The maximum atomic E-state index is 12.1. The molecule has 1 N–H and O–H groups in total. The minimum absolute atomic E-state index is 0.0208. The molecule has 0 aromatic carbocycles. The summed E-state index contributed by atoms with van der Waals surface area (Å²) in [5.41, 5.74) is 2.36. The Kier molecular flexibility index (Phi) is 3.47. The molecule has 2 rings (SSSR count). The van der Waals surface area contributed by atoms with Crippen LogP contribution < -0.4 is 5.32 Å².